The van der Waals surface area contributed by atoms with Gasteiger partial charge in [-0.2, -0.15) is 0 Å². The van der Waals surface area contributed by atoms with Crippen LogP contribution >= 0.6 is 0 Å². The van der Waals surface area contributed by atoms with Crippen molar-refractivity contribution in [3.05, 3.63) is 109 Å². The van der Waals surface area contributed by atoms with Gasteiger partial charge in [0.2, 0.25) is 0 Å². The fourth-order valence-corrected chi connectivity index (χ4v) is 4.70. The minimum Gasteiger partial charge on any atom is -0.508 e. The molecule has 0 saturated heterocycles. The maximum atomic E-state index is 9.72. The molecule has 4 aromatic rings. The van der Waals surface area contributed by atoms with Crippen LogP contribution in [0.15, 0.2) is 97.6 Å². The van der Waals surface area contributed by atoms with E-state index < -0.39 is 0 Å². The number of allylic oxidation sites excluding steroid dienone is 1. The molecule has 0 fully saturated rings. The van der Waals surface area contributed by atoms with E-state index in [1.165, 1.54) is 51.8 Å². The summed E-state index contributed by atoms with van der Waals surface area (Å²) in [6.07, 6.45) is 7.67. The Morgan fingerprint density at radius 3 is 1.86 bits per heavy atom. The molecular weight excluding hydrogens is 428 g/mol. The predicted octanol–water partition coefficient (Wildman–Crippen LogP) is 9.00. The Bertz CT molecular complexity index is 1250. The largest absolute Gasteiger partial charge is 0.508 e. The van der Waals surface area contributed by atoms with E-state index in [4.69, 9.17) is 4.74 Å². The molecule has 0 spiro atoms. The summed E-state index contributed by atoms with van der Waals surface area (Å²) in [5.41, 5.74) is 10.00. The van der Waals surface area contributed by atoms with Crippen molar-refractivity contribution in [2.45, 2.75) is 39.0 Å². The molecule has 0 radical (unpaired) electrons. The fourth-order valence-electron chi connectivity index (χ4n) is 4.70. The molecule has 2 heteroatoms. The van der Waals surface area contributed by atoms with Crippen LogP contribution in [0.25, 0.3) is 33.4 Å². The summed E-state index contributed by atoms with van der Waals surface area (Å²) < 4.78 is 5.29. The lowest BCUT2D eigenvalue weighted by atomic mass is 9.87. The second kappa shape index (κ2) is 11.6. The second-order valence-corrected chi connectivity index (χ2v) is 9.00. The molecule has 1 N–H and O–H groups in total. The normalized spacial score (nSPS) is 10.8. The lowest BCUT2D eigenvalue weighted by molar-refractivity contribution is 0.415. The van der Waals surface area contributed by atoms with E-state index in [0.29, 0.717) is 5.75 Å². The molecule has 0 unspecified atom stereocenters. The van der Waals surface area contributed by atoms with E-state index in [1.54, 1.807) is 19.2 Å². The third kappa shape index (κ3) is 5.84. The molecule has 4 rings (SSSR count). The number of phenolic OH excluding ortho intramolecular Hbond substituents is 1. The van der Waals surface area contributed by atoms with Gasteiger partial charge in [-0.1, -0.05) is 73.2 Å². The molecule has 0 aliphatic heterocycles. The van der Waals surface area contributed by atoms with Crippen molar-refractivity contribution < 1.29 is 9.84 Å². The predicted molar refractivity (Wildman–Crippen MR) is 148 cm³/mol. The van der Waals surface area contributed by atoms with Crippen LogP contribution in [0.2, 0.25) is 0 Å². The Kier molecular flexibility index (Phi) is 8.05. The van der Waals surface area contributed by atoms with E-state index >= 15 is 0 Å². The number of unbranched alkanes of at least 4 members (excludes halogenated alkanes) is 3. The summed E-state index contributed by atoms with van der Waals surface area (Å²) in [6, 6.07) is 29.0. The smallest absolute Gasteiger partial charge is 0.118 e. The highest BCUT2D eigenvalue weighted by Crippen LogP contribution is 2.36. The van der Waals surface area contributed by atoms with Crippen LogP contribution in [0.3, 0.4) is 0 Å². The molecule has 0 saturated carbocycles. The van der Waals surface area contributed by atoms with Crippen molar-refractivity contribution >= 4 is 0 Å². The average molecular weight is 463 g/mol. The van der Waals surface area contributed by atoms with E-state index in [1.807, 2.05) is 30.3 Å². The first-order valence-electron chi connectivity index (χ1n) is 12.4. The minimum atomic E-state index is 0.294. The van der Waals surface area contributed by atoms with Gasteiger partial charge in [0.25, 0.3) is 0 Å². The van der Waals surface area contributed by atoms with Crippen molar-refractivity contribution in [3.8, 4) is 44.9 Å². The highest BCUT2D eigenvalue weighted by molar-refractivity contribution is 5.79. The standard InChI is InChI=1S/C33H34O2/c1-4-5-6-7-8-9-32-24(2)31(27-14-18-29(34)19-15-27)22-23-33(32)28-12-10-25(11-13-28)26-16-20-30(35-3)21-17-26/h4,10-23,34H,1,5-9H2,2-3H3. The number of aromatic hydroxyl groups is 1. The summed E-state index contributed by atoms with van der Waals surface area (Å²) in [4.78, 5) is 0. The van der Waals surface area contributed by atoms with Gasteiger partial charge in [-0.15, -0.1) is 6.58 Å². The number of methoxy groups -OCH3 is 1. The highest BCUT2D eigenvalue weighted by Gasteiger charge is 2.13. The lowest BCUT2D eigenvalue weighted by Gasteiger charge is -2.18. The van der Waals surface area contributed by atoms with E-state index in [2.05, 4.69) is 62.0 Å². The van der Waals surface area contributed by atoms with Crippen molar-refractivity contribution in [1.29, 1.82) is 0 Å². The molecule has 0 bridgehead atoms. The van der Waals surface area contributed by atoms with Gasteiger partial charge in [-0.05, 0) is 101 Å². The quantitative estimate of drug-likeness (QED) is 0.188. The van der Waals surface area contributed by atoms with Crippen molar-refractivity contribution in [2.24, 2.45) is 0 Å². The Morgan fingerprint density at radius 1 is 0.686 bits per heavy atom. The Morgan fingerprint density at radius 2 is 1.23 bits per heavy atom. The van der Waals surface area contributed by atoms with Crippen molar-refractivity contribution in [1.82, 2.24) is 0 Å². The van der Waals surface area contributed by atoms with Crippen LogP contribution in [0.1, 0.15) is 36.8 Å². The van der Waals surface area contributed by atoms with Gasteiger partial charge in [-0.25, -0.2) is 0 Å². The molecule has 0 aliphatic rings. The Hall–Kier alpha value is -3.78. The first kappa shape index (κ1) is 24.3. The zero-order chi connectivity index (χ0) is 24.6. The molecule has 0 aliphatic carbocycles. The van der Waals surface area contributed by atoms with Gasteiger partial charge in [0.05, 0.1) is 7.11 Å². The molecule has 35 heavy (non-hydrogen) atoms. The maximum absolute atomic E-state index is 9.72. The molecule has 4 aromatic carbocycles. The molecule has 0 heterocycles. The minimum absolute atomic E-state index is 0.294. The number of ether oxygens (including phenoxy) is 1. The van der Waals surface area contributed by atoms with Gasteiger partial charge < -0.3 is 9.84 Å². The molecular formula is C33H34O2. The van der Waals surface area contributed by atoms with Crippen LogP contribution in [0, 0.1) is 6.92 Å². The van der Waals surface area contributed by atoms with Crippen LogP contribution in [0.5, 0.6) is 11.5 Å². The first-order valence-corrected chi connectivity index (χ1v) is 12.4. The summed E-state index contributed by atoms with van der Waals surface area (Å²) >= 11 is 0. The average Bonchev–Trinajstić information content (AvgIpc) is 2.90. The van der Waals surface area contributed by atoms with Crippen molar-refractivity contribution in [2.75, 3.05) is 7.11 Å². The fraction of sp³-hybridized carbons (Fsp3) is 0.212. The third-order valence-electron chi connectivity index (χ3n) is 6.73. The first-order chi connectivity index (χ1) is 17.1. The van der Waals surface area contributed by atoms with Crippen LogP contribution in [0.4, 0.5) is 0 Å². The molecule has 0 amide bonds. The number of phenols is 1. The second-order valence-electron chi connectivity index (χ2n) is 9.00. The third-order valence-corrected chi connectivity index (χ3v) is 6.73. The van der Waals surface area contributed by atoms with Gasteiger partial charge in [0, 0.05) is 0 Å². The maximum Gasteiger partial charge on any atom is 0.118 e. The SMILES string of the molecule is C=CCCCCCc1c(-c2ccc(-c3ccc(OC)cc3)cc2)ccc(-c2ccc(O)cc2)c1C. The van der Waals surface area contributed by atoms with Crippen LogP contribution in [-0.4, -0.2) is 12.2 Å². The van der Waals surface area contributed by atoms with Gasteiger partial charge in [0.15, 0.2) is 0 Å². The highest BCUT2D eigenvalue weighted by atomic mass is 16.5. The summed E-state index contributed by atoms with van der Waals surface area (Å²) in [6.45, 7) is 6.08. The molecule has 178 valence electrons. The number of hydrogen-bond acceptors (Lipinski definition) is 2. The zero-order valence-corrected chi connectivity index (χ0v) is 20.8. The number of rotatable bonds is 10. The monoisotopic (exact) mass is 462 g/mol. The summed E-state index contributed by atoms with van der Waals surface area (Å²) in [5, 5.41) is 9.72. The Labute approximate surface area is 209 Å². The summed E-state index contributed by atoms with van der Waals surface area (Å²) in [5.74, 6) is 1.16. The Balaban J connectivity index is 1.67. The van der Waals surface area contributed by atoms with Gasteiger partial charge >= 0.3 is 0 Å². The van der Waals surface area contributed by atoms with Crippen LogP contribution in [-0.2, 0) is 6.42 Å². The van der Waals surface area contributed by atoms with E-state index in [0.717, 1.165) is 30.6 Å². The molecule has 2 nitrogen and oxygen atoms in total. The van der Waals surface area contributed by atoms with E-state index in [-0.39, 0.29) is 0 Å². The lowest BCUT2D eigenvalue weighted by Crippen LogP contribution is -1.98. The topological polar surface area (TPSA) is 29.5 Å². The number of hydrogen-bond donors (Lipinski definition) is 1. The molecule has 0 atom stereocenters. The van der Waals surface area contributed by atoms with Crippen LogP contribution < -0.4 is 4.74 Å². The summed E-state index contributed by atoms with van der Waals surface area (Å²) in [7, 11) is 1.69. The van der Waals surface area contributed by atoms with Crippen molar-refractivity contribution in [3.63, 3.8) is 0 Å². The van der Waals surface area contributed by atoms with Gasteiger partial charge in [-0.3, -0.25) is 0 Å². The zero-order valence-electron chi connectivity index (χ0n) is 20.8. The molecule has 0 aromatic heterocycles. The van der Waals surface area contributed by atoms with E-state index in [9.17, 15) is 5.11 Å². The van der Waals surface area contributed by atoms with Gasteiger partial charge in [0.1, 0.15) is 11.5 Å². The number of benzene rings is 4.